The maximum Gasteiger partial charge on any atom is 0.244 e. The van der Waals surface area contributed by atoms with Crippen molar-refractivity contribution in [2.75, 3.05) is 25.0 Å². The number of aromatic nitrogens is 2. The van der Waals surface area contributed by atoms with E-state index in [1.54, 1.807) is 6.07 Å². The number of carbonyl (C=O) groups excluding carboxylic acids is 1. The van der Waals surface area contributed by atoms with E-state index in [-0.39, 0.29) is 16.7 Å². The normalized spacial score (nSPS) is 15.3. The van der Waals surface area contributed by atoms with Crippen LogP contribution >= 0.6 is 11.3 Å². The third-order valence-corrected chi connectivity index (χ3v) is 8.09. The third-order valence-electron chi connectivity index (χ3n) is 5.45. The van der Waals surface area contributed by atoms with Gasteiger partial charge in [0, 0.05) is 42.3 Å². The van der Waals surface area contributed by atoms with E-state index in [0.29, 0.717) is 37.7 Å². The minimum Gasteiger partial charge on any atom is -0.494 e. The molecule has 1 fully saturated rings. The van der Waals surface area contributed by atoms with Gasteiger partial charge < -0.3 is 10.1 Å². The molecule has 0 saturated carbocycles. The molecular weight excluding hydrogens is 460 g/mol. The topological polar surface area (TPSA) is 101 Å². The first kappa shape index (κ1) is 23.3. The summed E-state index contributed by atoms with van der Waals surface area (Å²) in [7, 11) is -3.59. The lowest BCUT2D eigenvalue weighted by Crippen LogP contribution is -2.41. The fourth-order valence-corrected chi connectivity index (χ4v) is 5.78. The maximum absolute atomic E-state index is 12.7. The van der Waals surface area contributed by atoms with E-state index in [9.17, 15) is 13.2 Å². The molecular formula is C23H26N4O4S2. The van der Waals surface area contributed by atoms with Gasteiger partial charge in [-0.05, 0) is 55.7 Å². The zero-order chi connectivity index (χ0) is 23.3. The Morgan fingerprint density at radius 3 is 2.64 bits per heavy atom. The van der Waals surface area contributed by atoms with Gasteiger partial charge in [-0.25, -0.2) is 13.4 Å². The molecule has 0 radical (unpaired) electrons. The van der Waals surface area contributed by atoms with Gasteiger partial charge in [0.2, 0.25) is 15.9 Å². The minimum atomic E-state index is -3.59. The van der Waals surface area contributed by atoms with Gasteiger partial charge in [0.05, 0.1) is 12.3 Å². The smallest absolute Gasteiger partial charge is 0.244 e. The molecule has 4 rings (SSSR count). The van der Waals surface area contributed by atoms with Gasteiger partial charge in [-0.3, -0.25) is 9.78 Å². The Balaban J connectivity index is 1.32. The summed E-state index contributed by atoms with van der Waals surface area (Å²) in [5, 5.41) is 5.33. The van der Waals surface area contributed by atoms with Crippen LogP contribution in [-0.2, 0) is 14.8 Å². The molecule has 8 nitrogen and oxygen atoms in total. The van der Waals surface area contributed by atoms with E-state index in [2.05, 4.69) is 22.2 Å². The molecule has 174 valence electrons. The number of pyridine rings is 1. The molecule has 3 aromatic rings. The van der Waals surface area contributed by atoms with Gasteiger partial charge in [0.1, 0.15) is 10.6 Å². The minimum absolute atomic E-state index is 0.127. The second-order valence-electron chi connectivity index (χ2n) is 7.77. The lowest BCUT2D eigenvalue weighted by molar-refractivity contribution is -0.120. The number of amides is 1. The second kappa shape index (κ2) is 10.4. The van der Waals surface area contributed by atoms with E-state index >= 15 is 0 Å². The second-order valence-corrected chi connectivity index (χ2v) is 10.6. The van der Waals surface area contributed by atoms with Gasteiger partial charge in [-0.1, -0.05) is 6.92 Å². The number of thiazole rings is 1. The average Bonchev–Trinajstić information content (AvgIpc) is 3.32. The summed E-state index contributed by atoms with van der Waals surface area (Å²) in [6, 6.07) is 10.9. The number of nitrogens with zero attached hydrogens (tertiary/aromatic N) is 3. The van der Waals surface area contributed by atoms with E-state index < -0.39 is 10.0 Å². The van der Waals surface area contributed by atoms with Crippen LogP contribution in [0.4, 0.5) is 5.13 Å². The van der Waals surface area contributed by atoms with Gasteiger partial charge in [0.15, 0.2) is 5.13 Å². The molecule has 1 aliphatic heterocycles. The van der Waals surface area contributed by atoms with Crippen LogP contribution in [0, 0.1) is 5.92 Å². The highest BCUT2D eigenvalue weighted by Gasteiger charge is 2.32. The molecule has 3 heterocycles. The van der Waals surface area contributed by atoms with Gasteiger partial charge in [-0.2, -0.15) is 4.31 Å². The summed E-state index contributed by atoms with van der Waals surface area (Å²) in [5.41, 5.74) is 1.74. The van der Waals surface area contributed by atoms with Crippen molar-refractivity contribution in [1.29, 1.82) is 0 Å². The van der Waals surface area contributed by atoms with Crippen LogP contribution in [0.15, 0.2) is 59.1 Å². The molecule has 33 heavy (non-hydrogen) atoms. The Morgan fingerprint density at radius 1 is 1.21 bits per heavy atom. The molecule has 0 bridgehead atoms. The third kappa shape index (κ3) is 5.58. The number of rotatable bonds is 8. The van der Waals surface area contributed by atoms with E-state index in [0.717, 1.165) is 23.4 Å². The molecule has 1 aromatic carbocycles. The molecule has 2 aromatic heterocycles. The van der Waals surface area contributed by atoms with Gasteiger partial charge in [-0.15, -0.1) is 11.3 Å². The fraction of sp³-hybridized carbons (Fsp3) is 0.348. The first-order valence-electron chi connectivity index (χ1n) is 10.9. The van der Waals surface area contributed by atoms with Crippen molar-refractivity contribution < 1.29 is 17.9 Å². The zero-order valence-electron chi connectivity index (χ0n) is 18.3. The van der Waals surface area contributed by atoms with Crippen LogP contribution in [0.5, 0.6) is 5.75 Å². The molecule has 10 heteroatoms. The van der Waals surface area contributed by atoms with Crippen LogP contribution in [0.2, 0.25) is 0 Å². The molecule has 1 N–H and O–H groups in total. The van der Waals surface area contributed by atoms with Gasteiger partial charge >= 0.3 is 0 Å². The van der Waals surface area contributed by atoms with E-state index in [1.807, 2.05) is 29.6 Å². The monoisotopic (exact) mass is 486 g/mol. The Labute approximate surface area is 197 Å². The standard InChI is InChI=1S/C23H26N4O4S2/c1-2-14-31-19-7-5-17(6-8-19)21-16-32-23(25-21)26-22(28)18-9-12-27(13-10-18)33(29,30)20-4-3-11-24-15-20/h3-8,11,15-16,18H,2,9-10,12-14H2,1H3,(H,25,26,28). The molecule has 1 aliphatic rings. The zero-order valence-corrected chi connectivity index (χ0v) is 19.9. The first-order chi connectivity index (χ1) is 16.0. The van der Waals surface area contributed by atoms with Crippen LogP contribution < -0.4 is 10.1 Å². The van der Waals surface area contributed by atoms with Crippen molar-refractivity contribution >= 4 is 32.4 Å². The number of carbonyl (C=O) groups is 1. The Kier molecular flexibility index (Phi) is 7.36. The van der Waals surface area contributed by atoms with Crippen LogP contribution in [0.25, 0.3) is 11.3 Å². The first-order valence-corrected chi connectivity index (χ1v) is 13.2. The average molecular weight is 487 g/mol. The highest BCUT2D eigenvalue weighted by molar-refractivity contribution is 7.89. The largest absolute Gasteiger partial charge is 0.494 e. The highest BCUT2D eigenvalue weighted by Crippen LogP contribution is 2.28. The molecule has 1 amide bonds. The van der Waals surface area contributed by atoms with Crippen molar-refractivity contribution in [3.8, 4) is 17.0 Å². The predicted octanol–water partition coefficient (Wildman–Crippen LogP) is 4.03. The van der Waals surface area contributed by atoms with Crippen molar-refractivity contribution in [2.24, 2.45) is 5.92 Å². The Morgan fingerprint density at radius 2 is 1.97 bits per heavy atom. The summed E-state index contributed by atoms with van der Waals surface area (Å²) in [5.74, 6) is 0.437. The fourth-order valence-electron chi connectivity index (χ4n) is 3.62. The summed E-state index contributed by atoms with van der Waals surface area (Å²) in [6.07, 6.45) is 4.76. The number of sulfonamides is 1. The predicted molar refractivity (Wildman–Crippen MR) is 128 cm³/mol. The molecule has 1 saturated heterocycles. The molecule has 0 unspecified atom stereocenters. The van der Waals surface area contributed by atoms with Crippen molar-refractivity contribution in [2.45, 2.75) is 31.1 Å². The number of nitrogens with one attached hydrogen (secondary N) is 1. The van der Waals surface area contributed by atoms with Crippen LogP contribution in [-0.4, -0.2) is 48.3 Å². The molecule has 0 spiro atoms. The number of anilines is 1. The summed E-state index contributed by atoms with van der Waals surface area (Å²) in [4.78, 5) is 21.3. The highest BCUT2D eigenvalue weighted by atomic mass is 32.2. The summed E-state index contributed by atoms with van der Waals surface area (Å²) in [6.45, 7) is 3.34. The number of ether oxygens (including phenoxy) is 1. The Bertz CT molecular complexity index is 1170. The number of benzene rings is 1. The summed E-state index contributed by atoms with van der Waals surface area (Å²) >= 11 is 1.37. The number of hydrogen-bond donors (Lipinski definition) is 1. The van der Waals surface area contributed by atoms with Crippen molar-refractivity contribution in [3.05, 3.63) is 54.2 Å². The lowest BCUT2D eigenvalue weighted by Gasteiger charge is -2.30. The van der Waals surface area contributed by atoms with Crippen LogP contribution in [0.1, 0.15) is 26.2 Å². The van der Waals surface area contributed by atoms with E-state index in [1.165, 1.54) is 34.1 Å². The summed E-state index contributed by atoms with van der Waals surface area (Å²) < 4.78 is 32.5. The van der Waals surface area contributed by atoms with Crippen molar-refractivity contribution in [3.63, 3.8) is 0 Å². The van der Waals surface area contributed by atoms with Crippen molar-refractivity contribution in [1.82, 2.24) is 14.3 Å². The lowest BCUT2D eigenvalue weighted by atomic mass is 9.97. The van der Waals surface area contributed by atoms with E-state index in [4.69, 9.17) is 4.74 Å². The molecule has 0 atom stereocenters. The SMILES string of the molecule is CCCOc1ccc(-c2csc(NC(=O)C3CCN(S(=O)(=O)c4cccnc4)CC3)n2)cc1. The maximum atomic E-state index is 12.7. The van der Waals surface area contributed by atoms with Gasteiger partial charge in [0.25, 0.3) is 0 Å². The number of hydrogen-bond acceptors (Lipinski definition) is 7. The Hall–Kier alpha value is -2.82. The van der Waals surface area contributed by atoms with Crippen LogP contribution in [0.3, 0.4) is 0 Å². The quantitative estimate of drug-likeness (QED) is 0.516. The molecule has 0 aliphatic carbocycles. The number of piperidine rings is 1.